The highest BCUT2D eigenvalue weighted by atomic mass is 79.9. The zero-order valence-electron chi connectivity index (χ0n) is 17.4. The van der Waals surface area contributed by atoms with Crippen molar-refractivity contribution < 1.29 is 4.79 Å². The van der Waals surface area contributed by atoms with Crippen molar-refractivity contribution in [3.63, 3.8) is 0 Å². The predicted octanol–water partition coefficient (Wildman–Crippen LogP) is 5.57. The summed E-state index contributed by atoms with van der Waals surface area (Å²) in [5.74, 6) is -0.206. The maximum absolute atomic E-state index is 12.1. The minimum Gasteiger partial charge on any atom is -0.376 e. The number of hydrogen-bond donors (Lipinski definition) is 2. The molecule has 0 aliphatic rings. The summed E-state index contributed by atoms with van der Waals surface area (Å²) in [7, 11) is 0. The number of amides is 1. The molecule has 5 nitrogen and oxygen atoms in total. The number of aromatic nitrogens is 1. The first-order chi connectivity index (χ1) is 15.0. The van der Waals surface area contributed by atoms with E-state index in [1.165, 1.54) is 10.8 Å². The predicted molar refractivity (Wildman–Crippen MR) is 131 cm³/mol. The van der Waals surface area contributed by atoms with E-state index in [9.17, 15) is 4.79 Å². The molecule has 156 valence electrons. The third-order valence-electron chi connectivity index (χ3n) is 5.17. The third-order valence-corrected chi connectivity index (χ3v) is 5.70. The lowest BCUT2D eigenvalue weighted by Crippen LogP contribution is -2.25. The number of carbonyl (C=O) groups is 1. The van der Waals surface area contributed by atoms with Gasteiger partial charge in [0.25, 0.3) is 5.91 Å². The average Bonchev–Trinajstić information content (AvgIpc) is 3.06. The lowest BCUT2D eigenvalue weighted by Gasteiger charge is -2.13. The summed E-state index contributed by atoms with van der Waals surface area (Å²) in [6.07, 6.45) is 1.70. The van der Waals surface area contributed by atoms with Crippen LogP contribution in [-0.2, 0) is 4.79 Å². The number of hydrazone groups is 1. The maximum atomic E-state index is 12.1. The first-order valence-corrected chi connectivity index (χ1v) is 10.8. The van der Waals surface area contributed by atoms with Crippen LogP contribution in [0.5, 0.6) is 0 Å². The van der Waals surface area contributed by atoms with Crippen LogP contribution in [0.15, 0.2) is 82.4 Å². The van der Waals surface area contributed by atoms with Gasteiger partial charge in [0.05, 0.1) is 18.4 Å². The highest BCUT2D eigenvalue weighted by Gasteiger charge is 2.12. The highest BCUT2D eigenvalue weighted by Crippen LogP contribution is 2.26. The van der Waals surface area contributed by atoms with E-state index in [1.54, 1.807) is 6.21 Å². The number of rotatable bonds is 6. The van der Waals surface area contributed by atoms with Crippen molar-refractivity contribution in [2.75, 3.05) is 11.9 Å². The molecule has 0 saturated heterocycles. The van der Waals surface area contributed by atoms with Crippen molar-refractivity contribution in [2.45, 2.75) is 13.8 Å². The summed E-state index contributed by atoms with van der Waals surface area (Å²) >= 11 is 3.39. The van der Waals surface area contributed by atoms with Gasteiger partial charge in [-0.2, -0.15) is 5.10 Å². The van der Waals surface area contributed by atoms with Gasteiger partial charge in [-0.3, -0.25) is 4.79 Å². The van der Waals surface area contributed by atoms with Crippen LogP contribution in [0.1, 0.15) is 17.0 Å². The second-order valence-corrected chi connectivity index (χ2v) is 8.23. The number of anilines is 1. The molecule has 0 radical (unpaired) electrons. The van der Waals surface area contributed by atoms with Crippen molar-refractivity contribution >= 4 is 44.5 Å². The molecule has 0 fully saturated rings. The molecule has 6 heteroatoms. The van der Waals surface area contributed by atoms with Gasteiger partial charge >= 0.3 is 0 Å². The Morgan fingerprint density at radius 1 is 1.03 bits per heavy atom. The first kappa shape index (κ1) is 20.9. The summed E-state index contributed by atoms with van der Waals surface area (Å²) < 4.78 is 3.22. The second kappa shape index (κ2) is 9.18. The molecule has 0 bridgehead atoms. The van der Waals surface area contributed by atoms with Crippen LogP contribution in [0.25, 0.3) is 16.5 Å². The van der Waals surface area contributed by atoms with Crippen LogP contribution in [0.3, 0.4) is 0 Å². The Morgan fingerprint density at radius 2 is 1.77 bits per heavy atom. The Labute approximate surface area is 189 Å². The number of nitrogens with one attached hydrogen (secondary N) is 2. The number of halogens is 1. The standard InChI is InChI=1S/C25H23BrN4O/c1-17-14-20(15-28-29-25(31)16-27-22-12-10-21(26)11-13-22)18(2)30(17)24-9-5-7-19-6-3-4-8-23(19)24/h3-15,27H,16H2,1-2H3,(H,29,31)/b28-15-. The van der Waals surface area contributed by atoms with Crippen LogP contribution in [0, 0.1) is 13.8 Å². The Hall–Kier alpha value is -3.38. The second-order valence-electron chi connectivity index (χ2n) is 7.31. The van der Waals surface area contributed by atoms with Crippen LogP contribution in [-0.4, -0.2) is 23.2 Å². The summed E-state index contributed by atoms with van der Waals surface area (Å²) in [5, 5.41) is 9.63. The van der Waals surface area contributed by atoms with E-state index in [0.29, 0.717) is 0 Å². The molecule has 0 unspecified atom stereocenters. The molecule has 0 aliphatic heterocycles. The normalized spacial score (nSPS) is 11.2. The van der Waals surface area contributed by atoms with Crippen LogP contribution in [0.4, 0.5) is 5.69 Å². The molecule has 1 amide bonds. The lowest BCUT2D eigenvalue weighted by atomic mass is 10.1. The van der Waals surface area contributed by atoms with Gasteiger partial charge in [0.1, 0.15) is 0 Å². The quantitative estimate of drug-likeness (QED) is 0.283. The van der Waals surface area contributed by atoms with E-state index >= 15 is 0 Å². The minimum atomic E-state index is -0.206. The SMILES string of the molecule is Cc1cc(/C=N\NC(=O)CNc2ccc(Br)cc2)c(C)n1-c1cccc2ccccc12. The Kier molecular flexibility index (Phi) is 6.18. The number of hydrogen-bond acceptors (Lipinski definition) is 3. The number of aryl methyl sites for hydroxylation is 1. The van der Waals surface area contributed by atoms with Gasteiger partial charge in [0.2, 0.25) is 0 Å². The molecule has 4 aromatic rings. The summed E-state index contributed by atoms with van der Waals surface area (Å²) in [4.78, 5) is 12.1. The fraction of sp³-hybridized carbons (Fsp3) is 0.120. The molecule has 1 heterocycles. The van der Waals surface area contributed by atoms with Crippen molar-refractivity contribution in [1.29, 1.82) is 0 Å². The fourth-order valence-corrected chi connectivity index (χ4v) is 3.92. The van der Waals surface area contributed by atoms with E-state index in [-0.39, 0.29) is 12.5 Å². The number of fused-ring (bicyclic) bond motifs is 1. The van der Waals surface area contributed by atoms with Crippen LogP contribution in [0.2, 0.25) is 0 Å². The van der Waals surface area contributed by atoms with Gasteiger partial charge in [-0.15, -0.1) is 0 Å². The van der Waals surface area contributed by atoms with E-state index in [0.717, 1.165) is 32.8 Å². The Bertz CT molecular complexity index is 1250. The van der Waals surface area contributed by atoms with E-state index in [2.05, 4.69) is 92.7 Å². The van der Waals surface area contributed by atoms with Crippen molar-refractivity contribution in [3.8, 4) is 5.69 Å². The number of nitrogens with zero attached hydrogens (tertiary/aromatic N) is 2. The van der Waals surface area contributed by atoms with Gasteiger partial charge < -0.3 is 9.88 Å². The van der Waals surface area contributed by atoms with E-state index in [4.69, 9.17) is 0 Å². The molecule has 3 aromatic carbocycles. The van der Waals surface area contributed by atoms with Crippen molar-refractivity contribution in [2.24, 2.45) is 5.10 Å². The van der Waals surface area contributed by atoms with Crippen LogP contribution < -0.4 is 10.7 Å². The van der Waals surface area contributed by atoms with Gasteiger partial charge in [-0.25, -0.2) is 5.43 Å². The average molecular weight is 475 g/mol. The summed E-state index contributed by atoms with van der Waals surface area (Å²) in [6, 6.07) is 24.4. The fourth-order valence-electron chi connectivity index (χ4n) is 3.66. The molecule has 1 aromatic heterocycles. The third kappa shape index (κ3) is 4.70. The highest BCUT2D eigenvalue weighted by molar-refractivity contribution is 9.10. The molecular weight excluding hydrogens is 452 g/mol. The molecule has 31 heavy (non-hydrogen) atoms. The van der Waals surface area contributed by atoms with E-state index < -0.39 is 0 Å². The number of carbonyl (C=O) groups excluding carboxylic acids is 1. The van der Waals surface area contributed by atoms with Crippen molar-refractivity contribution in [3.05, 3.63) is 94.2 Å². The minimum absolute atomic E-state index is 0.147. The molecule has 0 saturated carbocycles. The maximum Gasteiger partial charge on any atom is 0.259 e. The zero-order chi connectivity index (χ0) is 21.8. The Balaban J connectivity index is 1.46. The molecular formula is C25H23BrN4O. The van der Waals surface area contributed by atoms with E-state index in [1.807, 2.05) is 30.3 Å². The largest absolute Gasteiger partial charge is 0.376 e. The summed E-state index contributed by atoms with van der Waals surface area (Å²) in [5.41, 5.74) is 7.74. The molecule has 0 spiro atoms. The monoisotopic (exact) mass is 474 g/mol. The number of benzene rings is 3. The lowest BCUT2D eigenvalue weighted by molar-refractivity contribution is -0.119. The van der Waals surface area contributed by atoms with Gasteiger partial charge in [0, 0.05) is 32.5 Å². The first-order valence-electron chi connectivity index (χ1n) is 10.0. The smallest absolute Gasteiger partial charge is 0.259 e. The van der Waals surface area contributed by atoms with Gasteiger partial charge in [-0.1, -0.05) is 52.3 Å². The molecule has 2 N–H and O–H groups in total. The van der Waals surface area contributed by atoms with Gasteiger partial charge in [-0.05, 0) is 55.6 Å². The topological polar surface area (TPSA) is 58.4 Å². The van der Waals surface area contributed by atoms with Crippen LogP contribution >= 0.6 is 15.9 Å². The zero-order valence-corrected chi connectivity index (χ0v) is 19.0. The molecule has 4 rings (SSSR count). The van der Waals surface area contributed by atoms with Crippen molar-refractivity contribution in [1.82, 2.24) is 9.99 Å². The molecule has 0 atom stereocenters. The van der Waals surface area contributed by atoms with Gasteiger partial charge in [0.15, 0.2) is 0 Å². The Morgan fingerprint density at radius 3 is 2.58 bits per heavy atom. The molecule has 0 aliphatic carbocycles. The summed E-state index contributed by atoms with van der Waals surface area (Å²) in [6.45, 7) is 4.29.